The summed E-state index contributed by atoms with van der Waals surface area (Å²) in [5, 5.41) is 9.41. The van der Waals surface area contributed by atoms with E-state index in [-0.39, 0.29) is 38.4 Å². The van der Waals surface area contributed by atoms with Gasteiger partial charge in [0.1, 0.15) is 4.90 Å². The van der Waals surface area contributed by atoms with Gasteiger partial charge in [0.2, 0.25) is 10.0 Å². The Morgan fingerprint density at radius 1 is 1.29 bits per heavy atom. The molecule has 0 aliphatic heterocycles. The van der Waals surface area contributed by atoms with E-state index in [2.05, 4.69) is 4.72 Å². The van der Waals surface area contributed by atoms with E-state index in [0.29, 0.717) is 6.54 Å². The quantitative estimate of drug-likeness (QED) is 0.851. The van der Waals surface area contributed by atoms with Crippen LogP contribution in [0.2, 0.25) is 10.0 Å². The predicted octanol–water partition coefficient (Wildman–Crippen LogP) is 3.45. The van der Waals surface area contributed by atoms with E-state index in [0.717, 1.165) is 0 Å². The van der Waals surface area contributed by atoms with Crippen molar-refractivity contribution in [1.82, 2.24) is 4.72 Å². The first-order valence-electron chi connectivity index (χ1n) is 6.57. The summed E-state index contributed by atoms with van der Waals surface area (Å²) in [6, 6.07) is 2.73. The lowest BCUT2D eigenvalue weighted by molar-refractivity contribution is 0.263. The second-order valence-electron chi connectivity index (χ2n) is 6.15. The molecule has 0 spiro atoms. The van der Waals surface area contributed by atoms with Crippen molar-refractivity contribution < 1.29 is 13.5 Å². The zero-order valence-electron chi connectivity index (χ0n) is 12.6. The lowest BCUT2D eigenvalue weighted by Gasteiger charge is -2.27. The molecule has 1 aromatic carbocycles. The fourth-order valence-electron chi connectivity index (χ4n) is 1.55. The van der Waals surface area contributed by atoms with Gasteiger partial charge in [-0.25, -0.2) is 13.1 Å². The third-order valence-corrected chi connectivity index (χ3v) is 5.82. The largest absolute Gasteiger partial charge is 0.392 e. The summed E-state index contributed by atoms with van der Waals surface area (Å²) in [6.45, 7) is 8.03. The highest BCUT2D eigenvalue weighted by atomic mass is 35.5. The molecule has 120 valence electrons. The lowest BCUT2D eigenvalue weighted by atomic mass is 9.82. The number of hydrogen-bond donors (Lipinski definition) is 2. The molecule has 0 saturated heterocycles. The first-order chi connectivity index (χ1) is 9.49. The van der Waals surface area contributed by atoms with Gasteiger partial charge in [0, 0.05) is 11.6 Å². The Morgan fingerprint density at radius 3 is 2.33 bits per heavy atom. The normalized spacial score (nSPS) is 14.2. The van der Waals surface area contributed by atoms with Gasteiger partial charge in [-0.3, -0.25) is 0 Å². The van der Waals surface area contributed by atoms with Crippen LogP contribution in [0, 0.1) is 11.3 Å². The summed E-state index contributed by atoms with van der Waals surface area (Å²) in [5.41, 5.74) is 0.269. The average molecular weight is 354 g/mol. The van der Waals surface area contributed by atoms with Crippen molar-refractivity contribution in [3.63, 3.8) is 0 Å². The highest BCUT2D eigenvalue weighted by molar-refractivity contribution is 7.89. The summed E-state index contributed by atoms with van der Waals surface area (Å²) in [5.74, 6) is 0.141. The van der Waals surface area contributed by atoms with Crippen LogP contribution in [-0.4, -0.2) is 20.1 Å². The molecule has 1 unspecified atom stereocenters. The van der Waals surface area contributed by atoms with Crippen LogP contribution in [0.25, 0.3) is 0 Å². The molecule has 4 nitrogen and oxygen atoms in total. The van der Waals surface area contributed by atoms with E-state index in [1.807, 2.05) is 27.7 Å². The standard InChI is InChI=1S/C14H21Cl2NO3S/c1-9(14(2,3)4)7-17-21(19,20)12-6-11(15)5-10(8-18)13(12)16/h5-6,9,17-18H,7-8H2,1-4H3. The van der Waals surface area contributed by atoms with Crippen LogP contribution in [0.4, 0.5) is 0 Å². The predicted molar refractivity (Wildman–Crippen MR) is 86.2 cm³/mol. The number of rotatable bonds is 5. The number of nitrogens with one attached hydrogen (secondary N) is 1. The van der Waals surface area contributed by atoms with Crippen LogP contribution in [0.15, 0.2) is 17.0 Å². The highest BCUT2D eigenvalue weighted by Gasteiger charge is 2.25. The first-order valence-corrected chi connectivity index (χ1v) is 8.81. The number of aliphatic hydroxyl groups is 1. The van der Waals surface area contributed by atoms with Crippen molar-refractivity contribution in [2.45, 2.75) is 39.2 Å². The Bertz CT molecular complexity index is 609. The molecule has 1 atom stereocenters. The molecule has 0 aliphatic rings. The van der Waals surface area contributed by atoms with Crippen LogP contribution in [-0.2, 0) is 16.6 Å². The Labute approximate surface area is 136 Å². The average Bonchev–Trinajstić information content (AvgIpc) is 2.36. The van der Waals surface area contributed by atoms with Gasteiger partial charge in [-0.1, -0.05) is 50.9 Å². The van der Waals surface area contributed by atoms with E-state index in [9.17, 15) is 13.5 Å². The molecule has 0 aromatic heterocycles. The molecule has 0 aliphatic carbocycles. The van der Waals surface area contributed by atoms with Gasteiger partial charge in [0.05, 0.1) is 11.6 Å². The van der Waals surface area contributed by atoms with Gasteiger partial charge < -0.3 is 5.11 Å². The van der Waals surface area contributed by atoms with Crippen LogP contribution < -0.4 is 4.72 Å². The van der Waals surface area contributed by atoms with E-state index >= 15 is 0 Å². The maximum atomic E-state index is 12.4. The highest BCUT2D eigenvalue weighted by Crippen LogP contribution is 2.30. The maximum Gasteiger partial charge on any atom is 0.242 e. The summed E-state index contributed by atoms with van der Waals surface area (Å²) in [6.07, 6.45) is 0. The summed E-state index contributed by atoms with van der Waals surface area (Å²) < 4.78 is 27.3. The molecular weight excluding hydrogens is 333 g/mol. The molecule has 0 fully saturated rings. The van der Waals surface area contributed by atoms with Crippen molar-refractivity contribution in [3.05, 3.63) is 27.7 Å². The van der Waals surface area contributed by atoms with Crippen molar-refractivity contribution >= 4 is 33.2 Å². The fraction of sp³-hybridized carbons (Fsp3) is 0.571. The van der Waals surface area contributed by atoms with Crippen molar-refractivity contribution in [2.24, 2.45) is 11.3 Å². The zero-order valence-corrected chi connectivity index (χ0v) is 14.9. The van der Waals surface area contributed by atoms with Gasteiger partial charge in [-0.2, -0.15) is 0 Å². The van der Waals surface area contributed by atoms with Crippen LogP contribution in [0.5, 0.6) is 0 Å². The van der Waals surface area contributed by atoms with Gasteiger partial charge >= 0.3 is 0 Å². The number of sulfonamides is 1. The third-order valence-electron chi connectivity index (χ3n) is 3.60. The minimum Gasteiger partial charge on any atom is -0.392 e. The Hall–Kier alpha value is -0.330. The lowest BCUT2D eigenvalue weighted by Crippen LogP contribution is -2.33. The molecule has 2 N–H and O–H groups in total. The maximum absolute atomic E-state index is 12.4. The zero-order chi connectivity index (χ0) is 16.4. The molecule has 1 aromatic rings. The molecule has 0 radical (unpaired) electrons. The van der Waals surface area contributed by atoms with E-state index < -0.39 is 10.0 Å². The van der Waals surface area contributed by atoms with Gasteiger partial charge in [-0.05, 0) is 29.0 Å². The van der Waals surface area contributed by atoms with Crippen LogP contribution in [0.3, 0.4) is 0 Å². The van der Waals surface area contributed by atoms with Crippen molar-refractivity contribution in [1.29, 1.82) is 0 Å². The van der Waals surface area contributed by atoms with Gasteiger partial charge in [0.25, 0.3) is 0 Å². The van der Waals surface area contributed by atoms with Crippen LogP contribution in [0.1, 0.15) is 33.3 Å². The first kappa shape index (κ1) is 18.7. The smallest absolute Gasteiger partial charge is 0.242 e. The van der Waals surface area contributed by atoms with E-state index in [1.54, 1.807) is 0 Å². The second-order valence-corrected chi connectivity index (χ2v) is 8.70. The molecule has 0 amide bonds. The Balaban J connectivity index is 3.07. The van der Waals surface area contributed by atoms with Gasteiger partial charge in [-0.15, -0.1) is 0 Å². The summed E-state index contributed by atoms with van der Waals surface area (Å²) >= 11 is 11.9. The monoisotopic (exact) mass is 353 g/mol. The minimum atomic E-state index is -3.78. The van der Waals surface area contributed by atoms with Crippen molar-refractivity contribution in [3.8, 4) is 0 Å². The summed E-state index contributed by atoms with van der Waals surface area (Å²) in [4.78, 5) is -0.109. The van der Waals surface area contributed by atoms with Crippen LogP contribution >= 0.6 is 23.2 Å². The number of aliphatic hydroxyl groups excluding tert-OH is 1. The topological polar surface area (TPSA) is 66.4 Å². The fourth-order valence-corrected chi connectivity index (χ4v) is 3.60. The molecule has 0 bridgehead atoms. The number of hydrogen-bond acceptors (Lipinski definition) is 3. The van der Waals surface area contributed by atoms with E-state index in [4.69, 9.17) is 23.2 Å². The Kier molecular flexibility index (Phi) is 6.09. The third kappa shape index (κ3) is 4.83. The van der Waals surface area contributed by atoms with Crippen molar-refractivity contribution in [2.75, 3.05) is 6.54 Å². The molecule has 0 heterocycles. The summed E-state index contributed by atoms with van der Waals surface area (Å²) in [7, 11) is -3.78. The molecular formula is C14H21Cl2NO3S. The van der Waals surface area contributed by atoms with Gasteiger partial charge in [0.15, 0.2) is 0 Å². The molecule has 1 rings (SSSR count). The SMILES string of the molecule is CC(CNS(=O)(=O)c1cc(Cl)cc(CO)c1Cl)C(C)(C)C. The number of benzene rings is 1. The Morgan fingerprint density at radius 2 is 1.86 bits per heavy atom. The molecule has 7 heteroatoms. The van der Waals surface area contributed by atoms with E-state index in [1.165, 1.54) is 12.1 Å². The number of halogens is 2. The molecule has 0 saturated carbocycles. The molecule has 21 heavy (non-hydrogen) atoms. The second kappa shape index (κ2) is 6.84. The minimum absolute atomic E-state index is 0.00203.